The monoisotopic (exact) mass is 375 g/mol. The minimum Gasteiger partial charge on any atom is -0.484 e. The van der Waals surface area contributed by atoms with Crippen LogP contribution < -0.4 is 10.1 Å². The lowest BCUT2D eigenvalue weighted by Gasteiger charge is -2.21. The van der Waals surface area contributed by atoms with Crippen LogP contribution in [0.3, 0.4) is 0 Å². The van der Waals surface area contributed by atoms with E-state index in [0.717, 1.165) is 16.5 Å². The number of nitrogens with one attached hydrogen (secondary N) is 1. The number of halogens is 1. The van der Waals surface area contributed by atoms with Crippen LogP contribution in [0.1, 0.15) is 31.9 Å². The molecule has 0 bridgehead atoms. The molecule has 3 nitrogen and oxygen atoms in total. The van der Waals surface area contributed by atoms with Crippen LogP contribution in [-0.2, 0) is 4.79 Å². The van der Waals surface area contributed by atoms with Crippen LogP contribution in [-0.4, -0.2) is 12.5 Å². The van der Waals surface area contributed by atoms with Crippen molar-refractivity contribution in [2.75, 3.05) is 6.61 Å². The Labute approximate surface area is 146 Å². The van der Waals surface area contributed by atoms with E-state index in [1.807, 2.05) is 54.6 Å². The van der Waals surface area contributed by atoms with Crippen molar-refractivity contribution in [3.8, 4) is 5.75 Å². The summed E-state index contributed by atoms with van der Waals surface area (Å²) >= 11 is 3.37. The van der Waals surface area contributed by atoms with Crippen LogP contribution in [0.2, 0.25) is 0 Å². The van der Waals surface area contributed by atoms with Crippen molar-refractivity contribution >= 4 is 21.8 Å². The number of amides is 1. The molecule has 1 N–H and O–H groups in total. The molecule has 2 rings (SSSR count). The predicted octanol–water partition coefficient (Wildman–Crippen LogP) is 4.73. The van der Waals surface area contributed by atoms with E-state index >= 15 is 0 Å². The van der Waals surface area contributed by atoms with E-state index in [9.17, 15) is 4.79 Å². The number of benzene rings is 2. The van der Waals surface area contributed by atoms with E-state index in [0.29, 0.717) is 11.7 Å². The fourth-order valence-electron chi connectivity index (χ4n) is 2.35. The molecule has 0 aliphatic carbocycles. The van der Waals surface area contributed by atoms with Crippen molar-refractivity contribution in [3.63, 3.8) is 0 Å². The van der Waals surface area contributed by atoms with E-state index in [1.54, 1.807) is 0 Å². The summed E-state index contributed by atoms with van der Waals surface area (Å²) < 4.78 is 6.51. The number of rotatable bonds is 7. The molecule has 0 saturated heterocycles. The average molecular weight is 376 g/mol. The molecule has 0 aliphatic rings. The quantitative estimate of drug-likeness (QED) is 0.759. The summed E-state index contributed by atoms with van der Waals surface area (Å²) in [6, 6.07) is 17.5. The Morgan fingerprint density at radius 1 is 1.09 bits per heavy atom. The second-order valence-corrected chi connectivity index (χ2v) is 6.82. The molecule has 0 spiro atoms. The molecule has 2 aromatic carbocycles. The zero-order valence-electron chi connectivity index (χ0n) is 13.5. The summed E-state index contributed by atoms with van der Waals surface area (Å²) in [4.78, 5) is 12.2. The van der Waals surface area contributed by atoms with E-state index in [-0.39, 0.29) is 18.6 Å². The summed E-state index contributed by atoms with van der Waals surface area (Å²) in [5, 5.41) is 3.07. The Morgan fingerprint density at radius 3 is 2.35 bits per heavy atom. The molecular formula is C19H22BrNO2. The third kappa shape index (κ3) is 6.06. The lowest BCUT2D eigenvalue weighted by Crippen LogP contribution is -2.33. The minimum atomic E-state index is -0.109. The molecule has 1 atom stereocenters. The van der Waals surface area contributed by atoms with Crippen LogP contribution in [0.4, 0.5) is 0 Å². The van der Waals surface area contributed by atoms with E-state index in [2.05, 4.69) is 35.1 Å². The average Bonchev–Trinajstić information content (AvgIpc) is 2.54. The van der Waals surface area contributed by atoms with Crippen molar-refractivity contribution in [1.29, 1.82) is 0 Å². The predicted molar refractivity (Wildman–Crippen MR) is 96.4 cm³/mol. The zero-order chi connectivity index (χ0) is 16.7. The summed E-state index contributed by atoms with van der Waals surface area (Å²) in [6.07, 6.45) is 0.897. The molecule has 0 fully saturated rings. The van der Waals surface area contributed by atoms with E-state index in [4.69, 9.17) is 4.74 Å². The molecular weight excluding hydrogens is 354 g/mol. The lowest BCUT2D eigenvalue weighted by molar-refractivity contribution is -0.124. The highest BCUT2D eigenvalue weighted by Gasteiger charge is 2.16. The van der Waals surface area contributed by atoms with Gasteiger partial charge < -0.3 is 10.1 Å². The number of ether oxygens (including phenoxy) is 1. The van der Waals surface area contributed by atoms with Crippen molar-refractivity contribution in [2.45, 2.75) is 26.3 Å². The van der Waals surface area contributed by atoms with Gasteiger partial charge in [0, 0.05) is 4.47 Å². The molecule has 0 heterocycles. The molecule has 0 aromatic heterocycles. The summed E-state index contributed by atoms with van der Waals surface area (Å²) in [6.45, 7) is 4.32. The first-order valence-corrected chi connectivity index (χ1v) is 8.56. The van der Waals surface area contributed by atoms with Gasteiger partial charge in [-0.05, 0) is 42.2 Å². The molecule has 122 valence electrons. The van der Waals surface area contributed by atoms with Crippen molar-refractivity contribution in [1.82, 2.24) is 5.32 Å². The van der Waals surface area contributed by atoms with Gasteiger partial charge in [-0.2, -0.15) is 0 Å². The Morgan fingerprint density at radius 2 is 1.74 bits per heavy atom. The molecule has 1 amide bonds. The first kappa shape index (κ1) is 17.5. The maximum atomic E-state index is 12.2. The molecule has 0 aliphatic heterocycles. The van der Waals surface area contributed by atoms with Crippen LogP contribution >= 0.6 is 15.9 Å². The maximum absolute atomic E-state index is 12.2. The smallest absolute Gasteiger partial charge is 0.258 e. The van der Waals surface area contributed by atoms with Crippen LogP contribution in [0.15, 0.2) is 59.1 Å². The third-order valence-corrected chi connectivity index (χ3v) is 3.96. The van der Waals surface area contributed by atoms with E-state index < -0.39 is 0 Å². The summed E-state index contributed by atoms with van der Waals surface area (Å²) in [5.41, 5.74) is 1.12. The first-order chi connectivity index (χ1) is 11.0. The van der Waals surface area contributed by atoms with Gasteiger partial charge >= 0.3 is 0 Å². The van der Waals surface area contributed by atoms with Gasteiger partial charge in [-0.1, -0.05) is 60.1 Å². The van der Waals surface area contributed by atoms with E-state index in [1.165, 1.54) is 0 Å². The van der Waals surface area contributed by atoms with Gasteiger partial charge in [0.15, 0.2) is 6.61 Å². The van der Waals surface area contributed by atoms with Gasteiger partial charge in [-0.25, -0.2) is 0 Å². The fraction of sp³-hybridized carbons (Fsp3) is 0.316. The Bertz CT molecular complexity index is 611. The second-order valence-electron chi connectivity index (χ2n) is 5.90. The third-order valence-electron chi connectivity index (χ3n) is 3.43. The summed E-state index contributed by atoms with van der Waals surface area (Å²) in [5.74, 6) is 1.07. The number of hydrogen-bond acceptors (Lipinski definition) is 2. The number of carbonyl (C=O) groups is 1. The van der Waals surface area contributed by atoms with Gasteiger partial charge in [-0.15, -0.1) is 0 Å². The van der Waals surface area contributed by atoms with Gasteiger partial charge in [0.25, 0.3) is 5.91 Å². The Kier molecular flexibility index (Phi) is 6.66. The van der Waals surface area contributed by atoms with Crippen LogP contribution in [0.25, 0.3) is 0 Å². The number of carbonyl (C=O) groups excluding carboxylic acids is 1. The molecule has 4 heteroatoms. The standard InChI is InChI=1S/C19H22BrNO2/c1-14(2)12-18(15-6-4-3-5-7-15)21-19(22)13-23-17-10-8-16(20)9-11-17/h3-11,14,18H,12-13H2,1-2H3,(H,21,22)/t18-/m1/s1. The highest BCUT2D eigenvalue weighted by atomic mass is 79.9. The fourth-order valence-corrected chi connectivity index (χ4v) is 2.62. The molecule has 2 aromatic rings. The maximum Gasteiger partial charge on any atom is 0.258 e. The zero-order valence-corrected chi connectivity index (χ0v) is 15.0. The summed E-state index contributed by atoms with van der Waals surface area (Å²) in [7, 11) is 0. The Balaban J connectivity index is 1.93. The molecule has 23 heavy (non-hydrogen) atoms. The molecule has 0 radical (unpaired) electrons. The minimum absolute atomic E-state index is 0.0113. The van der Waals surface area contributed by atoms with Crippen LogP contribution in [0, 0.1) is 5.92 Å². The van der Waals surface area contributed by atoms with Crippen molar-refractivity contribution in [3.05, 3.63) is 64.6 Å². The SMILES string of the molecule is CC(C)C[C@@H](NC(=O)COc1ccc(Br)cc1)c1ccccc1. The topological polar surface area (TPSA) is 38.3 Å². The van der Waals surface area contributed by atoms with Crippen LogP contribution in [0.5, 0.6) is 5.75 Å². The molecule has 0 unspecified atom stereocenters. The highest BCUT2D eigenvalue weighted by molar-refractivity contribution is 9.10. The normalized spacial score (nSPS) is 12.0. The van der Waals surface area contributed by atoms with Crippen molar-refractivity contribution in [2.24, 2.45) is 5.92 Å². The Hall–Kier alpha value is -1.81. The van der Waals surface area contributed by atoms with Gasteiger partial charge in [-0.3, -0.25) is 4.79 Å². The van der Waals surface area contributed by atoms with Crippen molar-refractivity contribution < 1.29 is 9.53 Å². The lowest BCUT2D eigenvalue weighted by atomic mass is 9.97. The van der Waals surface area contributed by atoms with Gasteiger partial charge in [0.05, 0.1) is 6.04 Å². The molecule has 0 saturated carbocycles. The highest BCUT2D eigenvalue weighted by Crippen LogP contribution is 2.21. The second kappa shape index (κ2) is 8.73. The van der Waals surface area contributed by atoms with Gasteiger partial charge in [0.1, 0.15) is 5.75 Å². The first-order valence-electron chi connectivity index (χ1n) is 7.77. The number of hydrogen-bond donors (Lipinski definition) is 1. The largest absolute Gasteiger partial charge is 0.484 e. The van der Waals surface area contributed by atoms with Gasteiger partial charge in [0.2, 0.25) is 0 Å².